The summed E-state index contributed by atoms with van der Waals surface area (Å²) in [6, 6.07) is 4.62. The highest BCUT2D eigenvalue weighted by molar-refractivity contribution is 7.89. The number of rotatable bonds is 6. The third-order valence-electron chi connectivity index (χ3n) is 2.93. The smallest absolute Gasteiger partial charge is 0.244 e. The Morgan fingerprint density at radius 2 is 2.09 bits per heavy atom. The van der Waals surface area contributed by atoms with Crippen LogP contribution in [-0.4, -0.2) is 41.8 Å². The minimum Gasteiger partial charge on any atom is -0.495 e. The van der Waals surface area contributed by atoms with Crippen LogP contribution in [0.2, 0.25) is 0 Å². The molecule has 0 saturated heterocycles. The van der Waals surface area contributed by atoms with Gasteiger partial charge in [0.15, 0.2) is 5.82 Å². The normalized spacial score (nSPS) is 11.9. The third kappa shape index (κ3) is 3.25. The lowest BCUT2D eigenvalue weighted by atomic mass is 10.2. The lowest BCUT2D eigenvalue weighted by Crippen LogP contribution is -2.30. The third-order valence-corrected chi connectivity index (χ3v) is 4.61. The number of methoxy groups -OCH3 is 1. The first-order valence-electron chi connectivity index (χ1n) is 6.86. The molecule has 1 heterocycles. The molecule has 0 aliphatic rings. The Hall–Kier alpha value is -2.00. The Kier molecular flexibility index (Phi) is 4.77. The van der Waals surface area contributed by atoms with Crippen LogP contribution in [0.25, 0.3) is 11.4 Å². The number of benzene rings is 1. The first-order chi connectivity index (χ1) is 10.4. The van der Waals surface area contributed by atoms with Gasteiger partial charge in [0.1, 0.15) is 10.6 Å². The first kappa shape index (κ1) is 16.4. The molecule has 1 aromatic heterocycles. The monoisotopic (exact) mass is 325 g/mol. The van der Waals surface area contributed by atoms with Gasteiger partial charge in [0, 0.05) is 18.2 Å². The summed E-state index contributed by atoms with van der Waals surface area (Å²) in [4.78, 5) is 0.0619. The second-order valence-corrected chi connectivity index (χ2v) is 6.64. The van der Waals surface area contributed by atoms with Gasteiger partial charge in [-0.3, -0.25) is 0 Å². The Morgan fingerprint density at radius 1 is 1.36 bits per heavy atom. The van der Waals surface area contributed by atoms with Crippen molar-refractivity contribution >= 4 is 10.0 Å². The summed E-state index contributed by atoms with van der Waals surface area (Å²) in [5.74, 6) is 0.776. The number of ether oxygens (including phenoxy) is 1. The summed E-state index contributed by atoms with van der Waals surface area (Å²) in [6.07, 6.45) is 0. The summed E-state index contributed by atoms with van der Waals surface area (Å²) in [7, 11) is -2.26. The van der Waals surface area contributed by atoms with Gasteiger partial charge in [-0.05, 0) is 49.4 Å². The second kappa shape index (κ2) is 6.41. The molecule has 8 nitrogen and oxygen atoms in total. The zero-order chi connectivity index (χ0) is 16.3. The van der Waals surface area contributed by atoms with E-state index in [4.69, 9.17) is 4.74 Å². The minimum absolute atomic E-state index is 0.0619. The summed E-state index contributed by atoms with van der Waals surface area (Å²) in [6.45, 7) is 6.00. The molecule has 0 atom stereocenters. The van der Waals surface area contributed by atoms with Gasteiger partial charge in [0.2, 0.25) is 10.0 Å². The van der Waals surface area contributed by atoms with E-state index < -0.39 is 10.0 Å². The van der Waals surface area contributed by atoms with Crippen LogP contribution < -0.4 is 9.46 Å². The number of hydrogen-bond donors (Lipinski definition) is 1. The van der Waals surface area contributed by atoms with Gasteiger partial charge >= 0.3 is 0 Å². The zero-order valence-electron chi connectivity index (χ0n) is 12.9. The van der Waals surface area contributed by atoms with E-state index in [9.17, 15) is 8.42 Å². The van der Waals surface area contributed by atoms with E-state index >= 15 is 0 Å². The molecule has 0 radical (unpaired) electrons. The number of hydrogen-bond acceptors (Lipinski definition) is 6. The predicted octanol–water partition coefficient (Wildman–Crippen LogP) is 1.06. The number of tetrazole rings is 1. The summed E-state index contributed by atoms with van der Waals surface area (Å²) < 4.78 is 34.2. The standard InChI is InChI=1S/C13H19N5O3S/c1-5-18-13(14-16-17-18)10-6-7-11(21-4)12(8-10)22(19,20)15-9(2)3/h6-9,15H,5H2,1-4H3. The van der Waals surface area contributed by atoms with Crippen LogP contribution in [0.15, 0.2) is 23.1 Å². The van der Waals surface area contributed by atoms with Crippen molar-refractivity contribution < 1.29 is 13.2 Å². The van der Waals surface area contributed by atoms with Crippen LogP contribution in [0.4, 0.5) is 0 Å². The van der Waals surface area contributed by atoms with E-state index in [2.05, 4.69) is 20.2 Å². The molecule has 2 rings (SSSR count). The average Bonchev–Trinajstić information content (AvgIpc) is 2.93. The topological polar surface area (TPSA) is 99.0 Å². The van der Waals surface area contributed by atoms with Crippen LogP contribution in [0.1, 0.15) is 20.8 Å². The molecule has 1 N–H and O–H groups in total. The highest BCUT2D eigenvalue weighted by atomic mass is 32.2. The molecule has 0 unspecified atom stereocenters. The second-order valence-electron chi connectivity index (χ2n) is 4.96. The average molecular weight is 325 g/mol. The number of aromatic nitrogens is 4. The molecule has 9 heteroatoms. The predicted molar refractivity (Wildman–Crippen MR) is 80.9 cm³/mol. The van der Waals surface area contributed by atoms with E-state index in [1.807, 2.05) is 6.92 Å². The fourth-order valence-electron chi connectivity index (χ4n) is 2.02. The minimum atomic E-state index is -3.69. The van der Waals surface area contributed by atoms with Gasteiger partial charge in [-0.25, -0.2) is 17.8 Å². The van der Waals surface area contributed by atoms with Crippen molar-refractivity contribution in [2.24, 2.45) is 0 Å². The van der Waals surface area contributed by atoms with Gasteiger partial charge in [0.05, 0.1) is 7.11 Å². The van der Waals surface area contributed by atoms with Crippen LogP contribution in [0.3, 0.4) is 0 Å². The number of aryl methyl sites for hydroxylation is 1. The van der Waals surface area contributed by atoms with Crippen LogP contribution in [0.5, 0.6) is 5.75 Å². The van der Waals surface area contributed by atoms with Gasteiger partial charge < -0.3 is 4.74 Å². The molecule has 0 bridgehead atoms. The molecule has 2 aromatic rings. The van der Waals surface area contributed by atoms with Crippen LogP contribution >= 0.6 is 0 Å². The summed E-state index contributed by atoms with van der Waals surface area (Å²) in [5, 5.41) is 11.4. The van der Waals surface area contributed by atoms with Gasteiger partial charge in [-0.15, -0.1) is 5.10 Å². The Balaban J connectivity index is 2.56. The van der Waals surface area contributed by atoms with Crippen molar-refractivity contribution in [3.05, 3.63) is 18.2 Å². The number of sulfonamides is 1. The van der Waals surface area contributed by atoms with Crippen molar-refractivity contribution in [2.75, 3.05) is 7.11 Å². The molecule has 0 aliphatic heterocycles. The summed E-state index contributed by atoms with van der Waals surface area (Å²) >= 11 is 0. The van der Waals surface area contributed by atoms with Crippen LogP contribution in [0, 0.1) is 0 Å². The van der Waals surface area contributed by atoms with E-state index in [0.717, 1.165) is 0 Å². The molecule has 0 amide bonds. The lowest BCUT2D eigenvalue weighted by molar-refractivity contribution is 0.402. The molecule has 0 fully saturated rings. The molecule has 1 aromatic carbocycles. The quantitative estimate of drug-likeness (QED) is 0.852. The van der Waals surface area contributed by atoms with Crippen LogP contribution in [-0.2, 0) is 16.6 Å². The Labute approximate surface area is 129 Å². The maximum Gasteiger partial charge on any atom is 0.244 e. The van der Waals surface area contributed by atoms with Crippen molar-refractivity contribution in [2.45, 2.75) is 38.3 Å². The molecular weight excluding hydrogens is 306 g/mol. The fourth-order valence-corrected chi connectivity index (χ4v) is 3.47. The number of nitrogens with zero attached hydrogens (tertiary/aromatic N) is 4. The molecule has 0 aliphatic carbocycles. The molecule has 0 saturated carbocycles. The first-order valence-corrected chi connectivity index (χ1v) is 8.34. The molecule has 120 valence electrons. The van der Waals surface area contributed by atoms with Gasteiger partial charge in [-0.1, -0.05) is 0 Å². The van der Waals surface area contributed by atoms with E-state index in [1.165, 1.54) is 13.2 Å². The van der Waals surface area contributed by atoms with Gasteiger partial charge in [0.25, 0.3) is 0 Å². The largest absolute Gasteiger partial charge is 0.495 e. The lowest BCUT2D eigenvalue weighted by Gasteiger charge is -2.14. The SMILES string of the molecule is CCn1nnnc1-c1ccc(OC)c(S(=O)(=O)NC(C)C)c1. The molecule has 0 spiro atoms. The maximum absolute atomic E-state index is 12.4. The highest BCUT2D eigenvalue weighted by Gasteiger charge is 2.22. The Bertz CT molecular complexity index is 755. The molecular formula is C13H19N5O3S. The van der Waals surface area contributed by atoms with Crippen molar-refractivity contribution in [1.29, 1.82) is 0 Å². The van der Waals surface area contributed by atoms with Crippen molar-refractivity contribution in [3.63, 3.8) is 0 Å². The maximum atomic E-state index is 12.4. The van der Waals surface area contributed by atoms with E-state index in [-0.39, 0.29) is 16.7 Å². The van der Waals surface area contributed by atoms with E-state index in [1.54, 1.807) is 30.7 Å². The number of nitrogens with one attached hydrogen (secondary N) is 1. The summed E-state index contributed by atoms with van der Waals surface area (Å²) in [5.41, 5.74) is 0.608. The fraction of sp³-hybridized carbons (Fsp3) is 0.462. The molecule has 22 heavy (non-hydrogen) atoms. The van der Waals surface area contributed by atoms with Crippen molar-refractivity contribution in [3.8, 4) is 17.1 Å². The zero-order valence-corrected chi connectivity index (χ0v) is 13.8. The van der Waals surface area contributed by atoms with E-state index in [0.29, 0.717) is 17.9 Å². The van der Waals surface area contributed by atoms with Crippen molar-refractivity contribution in [1.82, 2.24) is 24.9 Å². The highest BCUT2D eigenvalue weighted by Crippen LogP contribution is 2.29. The van der Waals surface area contributed by atoms with Gasteiger partial charge in [-0.2, -0.15) is 0 Å². The Morgan fingerprint density at radius 3 is 2.68 bits per heavy atom.